The number of hydrogen-bond acceptors (Lipinski definition) is 2. The van der Waals surface area contributed by atoms with E-state index in [1.165, 1.54) is 0 Å². The van der Waals surface area contributed by atoms with Crippen molar-refractivity contribution >= 4 is 5.91 Å². The number of carbonyl (C=O) groups is 1. The number of alkyl halides is 3. The standard InChI is InChI=1S/C10H9F4NO2/c11-6-1-2-7(8(16)5-6)9(17)15-4-3-10(12,13)14/h1-2,5,16H,3-4H2,(H,15,17). The molecule has 17 heavy (non-hydrogen) atoms. The van der Waals surface area contributed by atoms with E-state index >= 15 is 0 Å². The SMILES string of the molecule is O=C(NCCC(F)(F)F)c1ccc(F)cc1O. The smallest absolute Gasteiger partial charge is 0.390 e. The monoisotopic (exact) mass is 251 g/mol. The Bertz CT molecular complexity index is 417. The predicted molar refractivity (Wildman–Crippen MR) is 51.1 cm³/mol. The van der Waals surface area contributed by atoms with Gasteiger partial charge in [0.2, 0.25) is 0 Å². The fraction of sp³-hybridized carbons (Fsp3) is 0.300. The second-order valence-electron chi connectivity index (χ2n) is 3.28. The van der Waals surface area contributed by atoms with Gasteiger partial charge in [0.15, 0.2) is 0 Å². The first-order chi connectivity index (χ1) is 7.79. The lowest BCUT2D eigenvalue weighted by Crippen LogP contribution is -2.27. The van der Waals surface area contributed by atoms with Gasteiger partial charge in [-0.15, -0.1) is 0 Å². The molecule has 0 saturated carbocycles. The van der Waals surface area contributed by atoms with E-state index < -0.39 is 36.6 Å². The van der Waals surface area contributed by atoms with Gasteiger partial charge in [-0.25, -0.2) is 4.39 Å². The highest BCUT2D eigenvalue weighted by molar-refractivity contribution is 5.96. The molecule has 0 aromatic heterocycles. The van der Waals surface area contributed by atoms with E-state index in [4.69, 9.17) is 0 Å². The van der Waals surface area contributed by atoms with Crippen LogP contribution in [0.1, 0.15) is 16.8 Å². The Labute approximate surface area is 94.1 Å². The Kier molecular flexibility index (Phi) is 3.93. The molecule has 0 heterocycles. The second-order valence-corrected chi connectivity index (χ2v) is 3.28. The molecule has 2 N–H and O–H groups in total. The minimum atomic E-state index is -4.36. The van der Waals surface area contributed by atoms with Crippen LogP contribution in [0.15, 0.2) is 18.2 Å². The molecule has 94 valence electrons. The van der Waals surface area contributed by atoms with Gasteiger partial charge in [-0.2, -0.15) is 13.2 Å². The summed E-state index contributed by atoms with van der Waals surface area (Å²) in [5.74, 6) is -2.24. The number of halogens is 4. The Morgan fingerprint density at radius 3 is 2.53 bits per heavy atom. The van der Waals surface area contributed by atoms with Crippen molar-refractivity contribution in [2.24, 2.45) is 0 Å². The van der Waals surface area contributed by atoms with Crippen LogP contribution in [0.25, 0.3) is 0 Å². The maximum Gasteiger partial charge on any atom is 0.390 e. The third-order valence-electron chi connectivity index (χ3n) is 1.90. The molecule has 0 bridgehead atoms. The van der Waals surface area contributed by atoms with Crippen molar-refractivity contribution in [1.29, 1.82) is 0 Å². The fourth-order valence-electron chi connectivity index (χ4n) is 1.11. The molecule has 0 saturated heterocycles. The van der Waals surface area contributed by atoms with Crippen LogP contribution in [0.5, 0.6) is 5.75 Å². The minimum Gasteiger partial charge on any atom is -0.507 e. The van der Waals surface area contributed by atoms with Crippen LogP contribution in [0.3, 0.4) is 0 Å². The summed E-state index contributed by atoms with van der Waals surface area (Å²) in [4.78, 5) is 11.3. The largest absolute Gasteiger partial charge is 0.507 e. The number of nitrogens with one attached hydrogen (secondary N) is 1. The summed E-state index contributed by atoms with van der Waals surface area (Å²) in [6.45, 7) is -0.598. The first-order valence-electron chi connectivity index (χ1n) is 4.63. The van der Waals surface area contributed by atoms with Crippen molar-refractivity contribution in [1.82, 2.24) is 5.32 Å². The average Bonchev–Trinajstić information content (AvgIpc) is 2.15. The van der Waals surface area contributed by atoms with Crippen molar-refractivity contribution in [3.8, 4) is 5.75 Å². The van der Waals surface area contributed by atoms with E-state index in [0.717, 1.165) is 12.1 Å². The number of hydrogen-bond donors (Lipinski definition) is 2. The van der Waals surface area contributed by atoms with Crippen LogP contribution in [-0.2, 0) is 0 Å². The van der Waals surface area contributed by atoms with Crippen LogP contribution in [0.4, 0.5) is 17.6 Å². The molecule has 0 spiro atoms. The second kappa shape index (κ2) is 5.03. The molecule has 0 aliphatic carbocycles. The van der Waals surface area contributed by atoms with E-state index in [2.05, 4.69) is 0 Å². The van der Waals surface area contributed by atoms with Gasteiger partial charge in [-0.3, -0.25) is 4.79 Å². The van der Waals surface area contributed by atoms with Crippen LogP contribution in [-0.4, -0.2) is 23.7 Å². The number of benzene rings is 1. The summed E-state index contributed by atoms with van der Waals surface area (Å²) in [7, 11) is 0. The topological polar surface area (TPSA) is 49.3 Å². The molecule has 3 nitrogen and oxygen atoms in total. The summed E-state index contributed by atoms with van der Waals surface area (Å²) in [5.41, 5.74) is -0.270. The molecule has 0 unspecified atom stereocenters. The lowest BCUT2D eigenvalue weighted by atomic mass is 10.2. The predicted octanol–water partition coefficient (Wildman–Crippen LogP) is 2.21. The van der Waals surface area contributed by atoms with Gasteiger partial charge in [0.25, 0.3) is 5.91 Å². The van der Waals surface area contributed by atoms with Gasteiger partial charge in [-0.05, 0) is 12.1 Å². The van der Waals surface area contributed by atoms with Crippen molar-refractivity contribution in [2.75, 3.05) is 6.54 Å². The summed E-state index contributed by atoms with van der Waals surface area (Å²) in [5, 5.41) is 11.2. The zero-order valence-electron chi connectivity index (χ0n) is 8.51. The third kappa shape index (κ3) is 4.29. The summed E-state index contributed by atoms with van der Waals surface area (Å²) in [6.07, 6.45) is -5.53. The highest BCUT2D eigenvalue weighted by Gasteiger charge is 2.26. The molecule has 1 aromatic carbocycles. The molecule has 0 radical (unpaired) electrons. The number of aromatic hydroxyl groups is 1. The Hall–Kier alpha value is -1.79. The number of carbonyl (C=O) groups excluding carboxylic acids is 1. The summed E-state index contributed by atoms with van der Waals surface area (Å²) >= 11 is 0. The minimum absolute atomic E-state index is 0.270. The van der Waals surface area contributed by atoms with Gasteiger partial charge in [0.1, 0.15) is 11.6 Å². The molecule has 0 fully saturated rings. The van der Waals surface area contributed by atoms with Gasteiger partial charge in [0.05, 0.1) is 12.0 Å². The van der Waals surface area contributed by atoms with Crippen molar-refractivity contribution in [3.63, 3.8) is 0 Å². The van der Waals surface area contributed by atoms with Crippen molar-refractivity contribution < 1.29 is 27.5 Å². The number of rotatable bonds is 3. The summed E-state index contributed by atoms with van der Waals surface area (Å²) < 4.78 is 48.0. The molecule has 0 atom stereocenters. The normalized spacial score (nSPS) is 11.3. The molecule has 0 aliphatic heterocycles. The van der Waals surface area contributed by atoms with E-state index in [0.29, 0.717) is 6.07 Å². The van der Waals surface area contributed by atoms with Crippen molar-refractivity contribution in [2.45, 2.75) is 12.6 Å². The van der Waals surface area contributed by atoms with E-state index in [-0.39, 0.29) is 5.56 Å². The Balaban J connectivity index is 2.59. The Morgan fingerprint density at radius 1 is 1.35 bits per heavy atom. The lowest BCUT2D eigenvalue weighted by Gasteiger charge is -2.08. The van der Waals surface area contributed by atoms with E-state index in [1.54, 1.807) is 0 Å². The highest BCUT2D eigenvalue weighted by atomic mass is 19.4. The zero-order chi connectivity index (χ0) is 13.1. The molecule has 0 aliphatic rings. The quantitative estimate of drug-likeness (QED) is 0.809. The third-order valence-corrected chi connectivity index (χ3v) is 1.90. The maximum atomic E-state index is 12.6. The van der Waals surface area contributed by atoms with Gasteiger partial charge < -0.3 is 10.4 Å². The lowest BCUT2D eigenvalue weighted by molar-refractivity contribution is -0.132. The summed E-state index contributed by atoms with van der Waals surface area (Å²) in [6, 6.07) is 2.63. The average molecular weight is 251 g/mol. The van der Waals surface area contributed by atoms with Gasteiger partial charge >= 0.3 is 6.18 Å². The van der Waals surface area contributed by atoms with E-state index in [9.17, 15) is 27.5 Å². The highest BCUT2D eigenvalue weighted by Crippen LogP contribution is 2.20. The van der Waals surface area contributed by atoms with Crippen LogP contribution < -0.4 is 5.32 Å². The first-order valence-corrected chi connectivity index (χ1v) is 4.63. The first kappa shape index (κ1) is 13.3. The van der Waals surface area contributed by atoms with Crippen molar-refractivity contribution in [3.05, 3.63) is 29.6 Å². The molecule has 1 rings (SSSR count). The fourth-order valence-corrected chi connectivity index (χ4v) is 1.11. The molecular formula is C10H9F4NO2. The number of phenols is 1. The molecule has 1 amide bonds. The molecule has 7 heteroatoms. The van der Waals surface area contributed by atoms with Gasteiger partial charge in [0, 0.05) is 12.6 Å². The molecule has 1 aromatic rings. The maximum absolute atomic E-state index is 12.6. The van der Waals surface area contributed by atoms with Crippen LogP contribution in [0, 0.1) is 5.82 Å². The number of amides is 1. The van der Waals surface area contributed by atoms with Gasteiger partial charge in [-0.1, -0.05) is 0 Å². The van der Waals surface area contributed by atoms with Crippen LogP contribution >= 0.6 is 0 Å². The molecular weight excluding hydrogens is 242 g/mol. The van der Waals surface area contributed by atoms with Crippen LogP contribution in [0.2, 0.25) is 0 Å². The Morgan fingerprint density at radius 2 is 2.00 bits per heavy atom. The van der Waals surface area contributed by atoms with E-state index in [1.807, 2.05) is 5.32 Å². The number of phenolic OH excluding ortho intramolecular Hbond substituents is 1. The zero-order valence-corrected chi connectivity index (χ0v) is 8.51.